The molecule has 206 valence electrons. The van der Waals surface area contributed by atoms with E-state index in [1.54, 1.807) is 37.5 Å². The van der Waals surface area contributed by atoms with Gasteiger partial charge in [0.15, 0.2) is 11.6 Å². The van der Waals surface area contributed by atoms with Gasteiger partial charge in [-0.2, -0.15) is 5.10 Å². The molecule has 12 heteroatoms. The fraction of sp³-hybridized carbons (Fsp3) is 0.321. The summed E-state index contributed by atoms with van der Waals surface area (Å²) >= 11 is 3.29. The SMILES string of the molecule is COc1ccc(Br)nc1CC(=O)[C@@H]1C[C@@H](F)CN1C(=O)Cn1nc(C(C)=O)c2cc(-c3cnc(C)nc3)ccc21. The molecule has 0 spiro atoms. The Morgan fingerprint density at radius 1 is 1.12 bits per heavy atom. The van der Waals surface area contributed by atoms with Gasteiger partial charge in [-0.15, -0.1) is 0 Å². The van der Waals surface area contributed by atoms with E-state index in [9.17, 15) is 18.8 Å². The van der Waals surface area contributed by atoms with Gasteiger partial charge < -0.3 is 9.64 Å². The Bertz CT molecular complexity index is 1620. The molecule has 1 aliphatic rings. The summed E-state index contributed by atoms with van der Waals surface area (Å²) in [6, 6.07) is 7.84. The first-order valence-electron chi connectivity index (χ1n) is 12.6. The van der Waals surface area contributed by atoms with E-state index in [1.807, 2.05) is 12.1 Å². The van der Waals surface area contributed by atoms with E-state index >= 15 is 0 Å². The van der Waals surface area contributed by atoms with Crippen molar-refractivity contribution in [1.29, 1.82) is 0 Å². The van der Waals surface area contributed by atoms with Crippen molar-refractivity contribution in [2.75, 3.05) is 13.7 Å². The van der Waals surface area contributed by atoms with Crippen LogP contribution in [0.3, 0.4) is 0 Å². The van der Waals surface area contributed by atoms with Gasteiger partial charge in [-0.25, -0.2) is 19.3 Å². The van der Waals surface area contributed by atoms with Gasteiger partial charge in [0.2, 0.25) is 5.91 Å². The number of Topliss-reactive ketones (excluding diaryl/α,β-unsaturated/α-hetero) is 2. The third-order valence-electron chi connectivity index (χ3n) is 6.89. The minimum absolute atomic E-state index is 0.0958. The summed E-state index contributed by atoms with van der Waals surface area (Å²) in [5.74, 6) is 0.00437. The molecule has 0 radical (unpaired) electrons. The van der Waals surface area contributed by atoms with Crippen LogP contribution in [0.4, 0.5) is 4.39 Å². The molecular weight excluding hydrogens is 583 g/mol. The molecular formula is C28H26BrFN6O4. The zero-order valence-electron chi connectivity index (χ0n) is 22.1. The summed E-state index contributed by atoms with van der Waals surface area (Å²) in [5, 5.41) is 4.99. The average molecular weight is 609 g/mol. The number of likely N-dealkylation sites (tertiary alicyclic amines) is 1. The summed E-state index contributed by atoms with van der Waals surface area (Å²) in [6.45, 7) is 2.74. The second-order valence-corrected chi connectivity index (χ2v) is 10.4. The van der Waals surface area contributed by atoms with E-state index < -0.39 is 18.1 Å². The smallest absolute Gasteiger partial charge is 0.245 e. The second kappa shape index (κ2) is 11.2. The molecule has 2 atom stereocenters. The quantitative estimate of drug-likeness (QED) is 0.218. The number of carbonyl (C=O) groups is 3. The Labute approximate surface area is 237 Å². The molecule has 40 heavy (non-hydrogen) atoms. The van der Waals surface area contributed by atoms with Crippen LogP contribution >= 0.6 is 15.9 Å². The Morgan fingerprint density at radius 3 is 2.58 bits per heavy atom. The monoisotopic (exact) mass is 608 g/mol. The van der Waals surface area contributed by atoms with E-state index in [1.165, 1.54) is 23.6 Å². The molecule has 3 aromatic heterocycles. The van der Waals surface area contributed by atoms with Crippen LogP contribution in [0.2, 0.25) is 0 Å². The van der Waals surface area contributed by atoms with Crippen molar-refractivity contribution in [3.8, 4) is 16.9 Å². The van der Waals surface area contributed by atoms with Gasteiger partial charge in [-0.3, -0.25) is 19.1 Å². The summed E-state index contributed by atoms with van der Waals surface area (Å²) in [5.41, 5.74) is 2.74. The van der Waals surface area contributed by atoms with Gasteiger partial charge in [0.25, 0.3) is 0 Å². The number of ether oxygens (including phenoxy) is 1. The van der Waals surface area contributed by atoms with Crippen molar-refractivity contribution < 1.29 is 23.5 Å². The number of halogens is 2. The van der Waals surface area contributed by atoms with Gasteiger partial charge in [-0.05, 0) is 52.7 Å². The topological polar surface area (TPSA) is 120 Å². The van der Waals surface area contributed by atoms with Crippen molar-refractivity contribution in [3.05, 3.63) is 64.5 Å². The van der Waals surface area contributed by atoms with E-state index in [0.717, 1.165) is 11.1 Å². The number of alkyl halides is 1. The van der Waals surface area contributed by atoms with Crippen LogP contribution in [0, 0.1) is 6.92 Å². The normalized spacial score (nSPS) is 16.9. The molecule has 10 nitrogen and oxygen atoms in total. The number of aryl methyl sites for hydroxylation is 1. The van der Waals surface area contributed by atoms with Crippen LogP contribution in [-0.2, 0) is 22.6 Å². The molecule has 1 aromatic carbocycles. The third-order valence-corrected chi connectivity index (χ3v) is 7.33. The zero-order valence-corrected chi connectivity index (χ0v) is 23.7. The number of benzene rings is 1. The fourth-order valence-corrected chi connectivity index (χ4v) is 5.27. The third kappa shape index (κ3) is 5.48. The highest BCUT2D eigenvalue weighted by atomic mass is 79.9. The molecule has 1 saturated heterocycles. The first kappa shape index (κ1) is 27.5. The maximum atomic E-state index is 14.6. The molecule has 0 N–H and O–H groups in total. The van der Waals surface area contributed by atoms with E-state index in [4.69, 9.17) is 4.74 Å². The minimum atomic E-state index is -1.34. The number of hydrogen-bond acceptors (Lipinski definition) is 8. The van der Waals surface area contributed by atoms with Crippen LogP contribution in [0.5, 0.6) is 5.75 Å². The number of aromatic nitrogens is 5. The number of amides is 1. The average Bonchev–Trinajstić information content (AvgIpc) is 3.50. The lowest BCUT2D eigenvalue weighted by molar-refractivity contribution is -0.138. The molecule has 0 unspecified atom stereocenters. The zero-order chi connectivity index (χ0) is 28.6. The maximum Gasteiger partial charge on any atom is 0.245 e. The number of carbonyl (C=O) groups excluding carboxylic acids is 3. The number of nitrogens with zero attached hydrogens (tertiary/aromatic N) is 6. The van der Waals surface area contributed by atoms with Crippen LogP contribution in [-0.4, -0.2) is 73.0 Å². The van der Waals surface area contributed by atoms with Crippen molar-refractivity contribution in [1.82, 2.24) is 29.6 Å². The Balaban J connectivity index is 1.41. The van der Waals surface area contributed by atoms with Gasteiger partial charge >= 0.3 is 0 Å². The highest BCUT2D eigenvalue weighted by molar-refractivity contribution is 9.10. The summed E-state index contributed by atoms with van der Waals surface area (Å²) in [4.78, 5) is 53.2. The minimum Gasteiger partial charge on any atom is -0.495 e. The highest BCUT2D eigenvalue weighted by Gasteiger charge is 2.40. The lowest BCUT2D eigenvalue weighted by atomic mass is 10.0. The van der Waals surface area contributed by atoms with Gasteiger partial charge in [0, 0.05) is 36.7 Å². The Kier molecular flexibility index (Phi) is 7.70. The van der Waals surface area contributed by atoms with Crippen molar-refractivity contribution >= 4 is 44.3 Å². The molecule has 0 saturated carbocycles. The van der Waals surface area contributed by atoms with Crippen molar-refractivity contribution in [2.24, 2.45) is 0 Å². The number of hydrogen-bond donors (Lipinski definition) is 0. The first-order valence-corrected chi connectivity index (χ1v) is 13.4. The summed E-state index contributed by atoms with van der Waals surface area (Å²) < 4.78 is 21.8. The van der Waals surface area contributed by atoms with Crippen molar-refractivity contribution in [3.63, 3.8) is 0 Å². The first-order chi connectivity index (χ1) is 19.1. The molecule has 4 heterocycles. The lowest BCUT2D eigenvalue weighted by Gasteiger charge is -2.23. The fourth-order valence-electron chi connectivity index (χ4n) is 4.92. The Hall–Kier alpha value is -4.06. The second-order valence-electron chi connectivity index (χ2n) is 9.63. The molecule has 1 fully saturated rings. The molecule has 5 rings (SSSR count). The van der Waals surface area contributed by atoms with Crippen LogP contribution < -0.4 is 4.74 Å². The van der Waals surface area contributed by atoms with Gasteiger partial charge in [-0.1, -0.05) is 6.07 Å². The number of fused-ring (bicyclic) bond motifs is 1. The van der Waals surface area contributed by atoms with Gasteiger partial charge in [0.05, 0.1) is 37.3 Å². The molecule has 4 aromatic rings. The van der Waals surface area contributed by atoms with Crippen LogP contribution in [0.25, 0.3) is 22.0 Å². The van der Waals surface area contributed by atoms with E-state index in [-0.39, 0.29) is 43.2 Å². The van der Waals surface area contributed by atoms with Crippen molar-refractivity contribution in [2.45, 2.75) is 45.4 Å². The number of rotatable bonds is 8. The highest BCUT2D eigenvalue weighted by Crippen LogP contribution is 2.29. The summed E-state index contributed by atoms with van der Waals surface area (Å²) in [6.07, 6.45) is 1.84. The standard InChI is InChI=1S/C28H26BrFN6O4/c1-15(37)28-20-8-17(18-11-31-16(2)32-12-18)4-5-22(20)36(34-28)14-27(39)35-13-19(30)9-23(35)24(38)10-21-25(40-3)6-7-26(29)33-21/h4-8,11-12,19,23H,9-10,13-14H2,1-3H3/t19-,23+/m1/s1. The largest absolute Gasteiger partial charge is 0.495 e. The maximum absolute atomic E-state index is 14.6. The van der Waals surface area contributed by atoms with Crippen LogP contribution in [0.1, 0.15) is 35.4 Å². The molecule has 1 aliphatic heterocycles. The summed E-state index contributed by atoms with van der Waals surface area (Å²) in [7, 11) is 1.48. The number of ketones is 2. The van der Waals surface area contributed by atoms with Crippen LogP contribution in [0.15, 0.2) is 47.3 Å². The lowest BCUT2D eigenvalue weighted by Crippen LogP contribution is -2.43. The predicted molar refractivity (Wildman–Crippen MR) is 148 cm³/mol. The Morgan fingerprint density at radius 2 is 1.88 bits per heavy atom. The molecule has 0 aliphatic carbocycles. The molecule has 1 amide bonds. The number of pyridine rings is 1. The van der Waals surface area contributed by atoms with E-state index in [2.05, 4.69) is 36.0 Å². The molecule has 0 bridgehead atoms. The number of methoxy groups -OCH3 is 1. The van der Waals surface area contributed by atoms with Gasteiger partial charge in [0.1, 0.15) is 34.6 Å². The van der Waals surface area contributed by atoms with E-state index in [0.29, 0.717) is 32.8 Å². The predicted octanol–water partition coefficient (Wildman–Crippen LogP) is 3.92.